The van der Waals surface area contributed by atoms with E-state index >= 15 is 0 Å². The number of hydrogen-bond donors (Lipinski definition) is 2. The van der Waals surface area contributed by atoms with Crippen LogP contribution in [0.4, 0.5) is 5.82 Å². The molecule has 1 aliphatic rings. The molecular weight excluding hydrogens is 368 g/mol. The van der Waals surface area contributed by atoms with Crippen molar-refractivity contribution in [1.82, 2.24) is 15.2 Å². The molecule has 2 heterocycles. The number of methoxy groups -OCH3 is 1. The summed E-state index contributed by atoms with van der Waals surface area (Å²) in [4.78, 5) is 31.7. The highest BCUT2D eigenvalue weighted by Crippen LogP contribution is 2.12. The second-order valence-corrected chi connectivity index (χ2v) is 7.11. The molecule has 0 spiro atoms. The van der Waals surface area contributed by atoms with Gasteiger partial charge in [0, 0.05) is 38.0 Å². The summed E-state index contributed by atoms with van der Waals surface area (Å²) >= 11 is 0. The highest BCUT2D eigenvalue weighted by molar-refractivity contribution is 5.96. The first-order chi connectivity index (χ1) is 14.2. The van der Waals surface area contributed by atoms with Gasteiger partial charge in [-0.2, -0.15) is 0 Å². The Hall–Kier alpha value is -2.93. The average molecular weight is 396 g/mol. The van der Waals surface area contributed by atoms with Crippen molar-refractivity contribution in [2.45, 2.75) is 25.9 Å². The smallest absolute Gasteiger partial charge is 0.254 e. The monoisotopic (exact) mass is 396 g/mol. The third kappa shape index (κ3) is 6.29. The maximum Gasteiger partial charge on any atom is 0.254 e. The van der Waals surface area contributed by atoms with E-state index in [1.165, 1.54) is 0 Å². The lowest BCUT2D eigenvalue weighted by Crippen LogP contribution is -2.42. The van der Waals surface area contributed by atoms with Crippen molar-refractivity contribution in [2.24, 2.45) is 0 Å². The number of aryl methyl sites for hydroxylation is 1. The van der Waals surface area contributed by atoms with Crippen molar-refractivity contribution in [3.05, 3.63) is 59.3 Å². The Bertz CT molecular complexity index is 840. The molecule has 1 aliphatic heterocycles. The number of aromatic nitrogens is 1. The van der Waals surface area contributed by atoms with E-state index in [2.05, 4.69) is 15.6 Å². The van der Waals surface area contributed by atoms with Gasteiger partial charge in [0.1, 0.15) is 5.82 Å². The molecule has 2 N–H and O–H groups in total. The molecule has 7 nitrogen and oxygen atoms in total. The average Bonchev–Trinajstić information content (AvgIpc) is 2.73. The van der Waals surface area contributed by atoms with Crippen LogP contribution in [-0.2, 0) is 22.6 Å². The highest BCUT2D eigenvalue weighted by Gasteiger charge is 2.19. The zero-order chi connectivity index (χ0) is 20.5. The number of benzene rings is 1. The molecule has 0 unspecified atom stereocenters. The number of anilines is 1. The molecule has 0 radical (unpaired) electrons. The fraction of sp³-hybridized carbons (Fsp3) is 0.409. The number of ether oxygens (including phenoxy) is 1. The van der Waals surface area contributed by atoms with Gasteiger partial charge in [-0.1, -0.05) is 18.2 Å². The summed E-state index contributed by atoms with van der Waals surface area (Å²) in [5, 5.41) is 6.09. The van der Waals surface area contributed by atoms with Gasteiger partial charge >= 0.3 is 0 Å². The zero-order valence-corrected chi connectivity index (χ0v) is 16.8. The molecule has 2 bridgehead atoms. The molecule has 1 aromatic carbocycles. The maximum absolute atomic E-state index is 13.1. The summed E-state index contributed by atoms with van der Waals surface area (Å²) in [6.07, 6.45) is 2.54. The highest BCUT2D eigenvalue weighted by atomic mass is 16.5. The van der Waals surface area contributed by atoms with E-state index in [1.807, 2.05) is 36.4 Å². The predicted octanol–water partition coefficient (Wildman–Crippen LogP) is 2.23. The number of pyridine rings is 1. The Morgan fingerprint density at radius 2 is 1.97 bits per heavy atom. The molecule has 0 aliphatic carbocycles. The Morgan fingerprint density at radius 3 is 2.83 bits per heavy atom. The number of fused-ring (bicyclic) bond motifs is 2. The molecule has 0 saturated heterocycles. The first-order valence-corrected chi connectivity index (χ1v) is 9.99. The lowest BCUT2D eigenvalue weighted by Gasteiger charge is -2.23. The molecule has 29 heavy (non-hydrogen) atoms. The van der Waals surface area contributed by atoms with Gasteiger partial charge in [-0.15, -0.1) is 0 Å². The van der Waals surface area contributed by atoms with Gasteiger partial charge in [-0.3, -0.25) is 9.59 Å². The summed E-state index contributed by atoms with van der Waals surface area (Å²) < 4.78 is 5.16. The number of amides is 2. The molecule has 3 rings (SSSR count). The van der Waals surface area contributed by atoms with Crippen molar-refractivity contribution in [3.63, 3.8) is 0 Å². The van der Waals surface area contributed by atoms with Gasteiger partial charge in [0.25, 0.3) is 5.91 Å². The predicted molar refractivity (Wildman–Crippen MR) is 112 cm³/mol. The minimum Gasteiger partial charge on any atom is -0.380 e. The molecule has 1 aromatic heterocycles. The van der Waals surface area contributed by atoms with E-state index < -0.39 is 0 Å². The first kappa shape index (κ1) is 20.8. The minimum absolute atomic E-state index is 0.0525. The van der Waals surface area contributed by atoms with Crippen LogP contribution in [0.15, 0.2) is 42.5 Å². The van der Waals surface area contributed by atoms with Crippen molar-refractivity contribution < 1.29 is 14.3 Å². The van der Waals surface area contributed by atoms with Crippen LogP contribution in [0, 0.1) is 0 Å². The van der Waals surface area contributed by atoms with Crippen LogP contribution in [0.5, 0.6) is 0 Å². The van der Waals surface area contributed by atoms with Crippen molar-refractivity contribution >= 4 is 17.6 Å². The molecule has 0 fully saturated rings. The van der Waals surface area contributed by atoms with Crippen molar-refractivity contribution in [3.8, 4) is 0 Å². The Balaban J connectivity index is 1.71. The summed E-state index contributed by atoms with van der Waals surface area (Å²) in [5.74, 6) is 0.525. The SMILES string of the molecule is COCc1cccc(C(=O)N2CCCCc3cccc(n3)NCCNC(=O)C2)c1. The maximum atomic E-state index is 13.1. The van der Waals surface area contributed by atoms with Crippen LogP contribution in [0.2, 0.25) is 0 Å². The summed E-state index contributed by atoms with van der Waals surface area (Å²) in [6.45, 7) is 2.07. The van der Waals surface area contributed by atoms with Crippen LogP contribution >= 0.6 is 0 Å². The lowest BCUT2D eigenvalue weighted by molar-refractivity contribution is -0.121. The van der Waals surface area contributed by atoms with E-state index in [1.54, 1.807) is 18.1 Å². The summed E-state index contributed by atoms with van der Waals surface area (Å²) in [6, 6.07) is 13.3. The third-order valence-electron chi connectivity index (χ3n) is 4.78. The number of hydrogen-bond acceptors (Lipinski definition) is 5. The molecule has 0 saturated carbocycles. The van der Waals surface area contributed by atoms with Crippen LogP contribution in [0.25, 0.3) is 0 Å². The molecular formula is C22H28N4O3. The molecule has 2 amide bonds. The number of rotatable bonds is 3. The molecule has 2 aromatic rings. The van der Waals surface area contributed by atoms with E-state index in [0.717, 1.165) is 36.3 Å². The van der Waals surface area contributed by atoms with Gasteiger partial charge in [0.15, 0.2) is 0 Å². The van der Waals surface area contributed by atoms with Gasteiger partial charge in [0.2, 0.25) is 5.91 Å². The second-order valence-electron chi connectivity index (χ2n) is 7.11. The van der Waals surface area contributed by atoms with E-state index in [9.17, 15) is 9.59 Å². The van der Waals surface area contributed by atoms with Gasteiger partial charge < -0.3 is 20.3 Å². The van der Waals surface area contributed by atoms with Gasteiger partial charge in [-0.25, -0.2) is 4.98 Å². The van der Waals surface area contributed by atoms with Gasteiger partial charge in [0.05, 0.1) is 13.2 Å². The Kier molecular flexibility index (Phi) is 7.58. The Labute approximate surface area is 171 Å². The topological polar surface area (TPSA) is 83.6 Å². The number of nitrogens with one attached hydrogen (secondary N) is 2. The first-order valence-electron chi connectivity index (χ1n) is 9.99. The Morgan fingerprint density at radius 1 is 1.14 bits per heavy atom. The normalized spacial score (nSPS) is 15.8. The second kappa shape index (κ2) is 10.6. The van der Waals surface area contributed by atoms with Gasteiger partial charge in [-0.05, 0) is 49.1 Å². The van der Waals surface area contributed by atoms with E-state index in [-0.39, 0.29) is 18.4 Å². The zero-order valence-electron chi connectivity index (χ0n) is 16.8. The molecule has 0 atom stereocenters. The number of nitrogens with zero attached hydrogens (tertiary/aromatic N) is 2. The molecule has 154 valence electrons. The van der Waals surface area contributed by atoms with Crippen LogP contribution in [-0.4, -0.2) is 55.0 Å². The van der Waals surface area contributed by atoms with Crippen molar-refractivity contribution in [1.29, 1.82) is 0 Å². The van der Waals surface area contributed by atoms with Crippen LogP contribution in [0.3, 0.4) is 0 Å². The third-order valence-corrected chi connectivity index (χ3v) is 4.78. The van der Waals surface area contributed by atoms with E-state index in [0.29, 0.717) is 31.8 Å². The van der Waals surface area contributed by atoms with Crippen LogP contribution in [0.1, 0.15) is 34.5 Å². The number of carbonyl (C=O) groups excluding carboxylic acids is 2. The quantitative estimate of drug-likeness (QED) is 0.831. The summed E-state index contributed by atoms with van der Waals surface area (Å²) in [7, 11) is 1.62. The fourth-order valence-corrected chi connectivity index (χ4v) is 3.34. The van der Waals surface area contributed by atoms with Crippen LogP contribution < -0.4 is 10.6 Å². The largest absolute Gasteiger partial charge is 0.380 e. The lowest BCUT2D eigenvalue weighted by atomic mass is 10.1. The van der Waals surface area contributed by atoms with E-state index in [4.69, 9.17) is 4.74 Å². The number of carbonyl (C=O) groups is 2. The minimum atomic E-state index is -0.160. The molecule has 7 heteroatoms. The van der Waals surface area contributed by atoms with Crippen molar-refractivity contribution in [2.75, 3.05) is 38.6 Å². The summed E-state index contributed by atoms with van der Waals surface area (Å²) in [5.41, 5.74) is 2.53. The fourth-order valence-electron chi connectivity index (χ4n) is 3.34. The standard InChI is InChI=1S/C22H28N4O3/c1-29-16-17-6-4-7-18(14-17)22(28)26-13-3-2-8-19-9-5-10-20(25-19)23-11-12-24-21(27)15-26/h4-7,9-10,14H,2-3,8,11-13,15-16H2,1H3,(H,23,25)(H,24,27).